The molecule has 130 valence electrons. The Morgan fingerprint density at radius 3 is 2.72 bits per heavy atom. The van der Waals surface area contributed by atoms with Gasteiger partial charge >= 0.3 is 0 Å². The van der Waals surface area contributed by atoms with Crippen molar-refractivity contribution >= 4 is 28.9 Å². The van der Waals surface area contributed by atoms with Crippen molar-refractivity contribution in [1.82, 2.24) is 0 Å². The smallest absolute Gasteiger partial charge is 0.255 e. The fraction of sp³-hybridized carbons (Fsp3) is 0.278. The van der Waals surface area contributed by atoms with Crippen molar-refractivity contribution in [3.8, 4) is 11.5 Å². The molecule has 2 heterocycles. The van der Waals surface area contributed by atoms with E-state index in [0.29, 0.717) is 41.0 Å². The third-order valence-electron chi connectivity index (χ3n) is 4.20. The van der Waals surface area contributed by atoms with Gasteiger partial charge in [0, 0.05) is 18.7 Å². The fourth-order valence-electron chi connectivity index (χ4n) is 2.96. The standard InChI is InChI=1S/C18H17ClN2O4/c19-13-2-1-3-14(17(13)21-6-8-23-9-7-21)20-18(22)12-4-5-15-16(10-12)25-11-24-15/h1-5,10H,6-9,11H2,(H,20,22). The number of hydrogen-bond donors (Lipinski definition) is 1. The lowest BCUT2D eigenvalue weighted by molar-refractivity contribution is 0.102. The number of nitrogens with one attached hydrogen (secondary N) is 1. The first-order valence-corrected chi connectivity index (χ1v) is 8.42. The molecule has 2 aliphatic rings. The molecule has 0 atom stereocenters. The summed E-state index contributed by atoms with van der Waals surface area (Å²) >= 11 is 6.40. The normalized spacial score (nSPS) is 16.0. The Balaban J connectivity index is 1.60. The van der Waals surface area contributed by atoms with Crippen LogP contribution in [0.15, 0.2) is 36.4 Å². The van der Waals surface area contributed by atoms with Gasteiger partial charge in [0.05, 0.1) is 29.6 Å². The maximum atomic E-state index is 12.7. The van der Waals surface area contributed by atoms with Crippen LogP contribution in [-0.4, -0.2) is 39.0 Å². The van der Waals surface area contributed by atoms with E-state index in [1.165, 1.54) is 0 Å². The molecule has 0 radical (unpaired) electrons. The molecule has 2 aliphatic heterocycles. The lowest BCUT2D eigenvalue weighted by Crippen LogP contribution is -2.37. The van der Waals surface area contributed by atoms with Crippen LogP contribution >= 0.6 is 11.6 Å². The van der Waals surface area contributed by atoms with Gasteiger partial charge in [-0.15, -0.1) is 0 Å². The van der Waals surface area contributed by atoms with E-state index in [-0.39, 0.29) is 12.7 Å². The second-order valence-corrected chi connectivity index (χ2v) is 6.16. The average molecular weight is 361 g/mol. The Hall–Kier alpha value is -2.44. The molecule has 1 amide bonds. The molecule has 0 bridgehead atoms. The molecule has 1 fully saturated rings. The number of amides is 1. The summed E-state index contributed by atoms with van der Waals surface area (Å²) in [5.74, 6) is 0.996. The van der Waals surface area contributed by atoms with Crippen LogP contribution in [0.2, 0.25) is 5.02 Å². The number of hydrogen-bond acceptors (Lipinski definition) is 5. The van der Waals surface area contributed by atoms with Gasteiger partial charge in [0.25, 0.3) is 5.91 Å². The van der Waals surface area contributed by atoms with Gasteiger partial charge in [0.15, 0.2) is 11.5 Å². The zero-order valence-corrected chi connectivity index (χ0v) is 14.2. The highest BCUT2D eigenvalue weighted by Crippen LogP contribution is 2.36. The first kappa shape index (κ1) is 16.1. The molecule has 0 saturated carbocycles. The van der Waals surface area contributed by atoms with Crippen LogP contribution in [0.4, 0.5) is 11.4 Å². The molecule has 7 heteroatoms. The van der Waals surface area contributed by atoms with Crippen LogP contribution in [0.3, 0.4) is 0 Å². The molecule has 25 heavy (non-hydrogen) atoms. The predicted octanol–water partition coefficient (Wildman–Crippen LogP) is 3.16. The van der Waals surface area contributed by atoms with Crippen molar-refractivity contribution in [1.29, 1.82) is 0 Å². The van der Waals surface area contributed by atoms with Crippen LogP contribution in [0.25, 0.3) is 0 Å². The van der Waals surface area contributed by atoms with E-state index < -0.39 is 0 Å². The second kappa shape index (κ2) is 6.82. The van der Waals surface area contributed by atoms with Crippen LogP contribution < -0.4 is 19.7 Å². The van der Waals surface area contributed by atoms with Crippen molar-refractivity contribution in [2.75, 3.05) is 43.3 Å². The molecule has 6 nitrogen and oxygen atoms in total. The van der Waals surface area contributed by atoms with E-state index in [9.17, 15) is 4.79 Å². The molecule has 2 aromatic rings. The van der Waals surface area contributed by atoms with Crippen molar-refractivity contribution in [3.05, 3.63) is 47.0 Å². The van der Waals surface area contributed by atoms with E-state index in [2.05, 4.69) is 10.2 Å². The van der Waals surface area contributed by atoms with Gasteiger partial charge in [-0.1, -0.05) is 17.7 Å². The van der Waals surface area contributed by atoms with Crippen LogP contribution in [0.1, 0.15) is 10.4 Å². The number of carbonyl (C=O) groups is 1. The molecule has 1 N–H and O–H groups in total. The van der Waals surface area contributed by atoms with Crippen molar-refractivity contribution in [2.24, 2.45) is 0 Å². The lowest BCUT2D eigenvalue weighted by Gasteiger charge is -2.31. The summed E-state index contributed by atoms with van der Waals surface area (Å²) in [5, 5.41) is 3.56. The predicted molar refractivity (Wildman–Crippen MR) is 95.0 cm³/mol. The number of rotatable bonds is 3. The van der Waals surface area contributed by atoms with Gasteiger partial charge in [0.1, 0.15) is 0 Å². The summed E-state index contributed by atoms with van der Waals surface area (Å²) in [5.41, 5.74) is 2.00. The second-order valence-electron chi connectivity index (χ2n) is 5.76. The summed E-state index contributed by atoms with van der Waals surface area (Å²) in [6.07, 6.45) is 0. The summed E-state index contributed by atoms with van der Waals surface area (Å²) in [6.45, 7) is 2.92. The summed E-state index contributed by atoms with van der Waals surface area (Å²) in [4.78, 5) is 14.8. The molecule has 0 aromatic heterocycles. The van der Waals surface area contributed by atoms with Gasteiger partial charge in [-0.05, 0) is 30.3 Å². The summed E-state index contributed by atoms with van der Waals surface area (Å²) in [7, 11) is 0. The SMILES string of the molecule is O=C(Nc1cccc(Cl)c1N1CCOCC1)c1ccc2c(c1)OCO2. The first-order valence-electron chi connectivity index (χ1n) is 8.04. The topological polar surface area (TPSA) is 60.0 Å². The molecular weight excluding hydrogens is 344 g/mol. The van der Waals surface area contributed by atoms with Gasteiger partial charge in [-0.2, -0.15) is 0 Å². The molecule has 0 aliphatic carbocycles. The first-order chi connectivity index (χ1) is 12.2. The molecular formula is C18H17ClN2O4. The lowest BCUT2D eigenvalue weighted by atomic mass is 10.1. The number of para-hydroxylation sites is 1. The zero-order chi connectivity index (χ0) is 17.2. The van der Waals surface area contributed by atoms with Gasteiger partial charge in [-0.25, -0.2) is 0 Å². The zero-order valence-electron chi connectivity index (χ0n) is 13.5. The molecule has 0 unspecified atom stereocenters. The monoisotopic (exact) mass is 360 g/mol. The minimum atomic E-state index is -0.227. The minimum absolute atomic E-state index is 0.176. The van der Waals surface area contributed by atoms with Crippen LogP contribution in [0, 0.1) is 0 Å². The summed E-state index contributed by atoms with van der Waals surface area (Å²) in [6, 6.07) is 10.6. The number of benzene rings is 2. The Labute approximate surface area is 150 Å². The number of fused-ring (bicyclic) bond motifs is 1. The van der Waals surface area contributed by atoms with Gasteiger partial charge in [-0.3, -0.25) is 4.79 Å². The minimum Gasteiger partial charge on any atom is -0.454 e. The highest BCUT2D eigenvalue weighted by molar-refractivity contribution is 6.34. The fourth-order valence-corrected chi connectivity index (χ4v) is 3.25. The Morgan fingerprint density at radius 1 is 1.08 bits per heavy atom. The molecule has 1 saturated heterocycles. The van der Waals surface area contributed by atoms with Crippen molar-refractivity contribution in [3.63, 3.8) is 0 Å². The quantitative estimate of drug-likeness (QED) is 0.911. The van der Waals surface area contributed by atoms with E-state index in [1.807, 2.05) is 18.2 Å². The number of carbonyl (C=O) groups excluding carboxylic acids is 1. The van der Waals surface area contributed by atoms with Gasteiger partial charge in [0.2, 0.25) is 6.79 Å². The third kappa shape index (κ3) is 3.23. The summed E-state index contributed by atoms with van der Waals surface area (Å²) < 4.78 is 16.0. The maximum Gasteiger partial charge on any atom is 0.255 e. The van der Waals surface area contributed by atoms with Crippen molar-refractivity contribution < 1.29 is 19.0 Å². The molecule has 2 aromatic carbocycles. The van der Waals surface area contributed by atoms with Crippen LogP contribution in [0.5, 0.6) is 11.5 Å². The third-order valence-corrected chi connectivity index (χ3v) is 4.50. The number of ether oxygens (including phenoxy) is 3. The number of nitrogens with zero attached hydrogens (tertiary/aromatic N) is 1. The largest absolute Gasteiger partial charge is 0.454 e. The van der Waals surface area contributed by atoms with Gasteiger partial charge < -0.3 is 24.4 Å². The highest BCUT2D eigenvalue weighted by Gasteiger charge is 2.21. The highest BCUT2D eigenvalue weighted by atomic mass is 35.5. The molecule has 4 rings (SSSR count). The maximum absolute atomic E-state index is 12.7. The molecule has 0 spiro atoms. The van der Waals surface area contributed by atoms with E-state index in [4.69, 9.17) is 25.8 Å². The average Bonchev–Trinajstić information content (AvgIpc) is 3.10. The van der Waals surface area contributed by atoms with E-state index in [1.54, 1.807) is 18.2 Å². The Morgan fingerprint density at radius 2 is 1.88 bits per heavy atom. The van der Waals surface area contributed by atoms with E-state index >= 15 is 0 Å². The Kier molecular flexibility index (Phi) is 4.38. The van der Waals surface area contributed by atoms with E-state index in [0.717, 1.165) is 18.8 Å². The van der Waals surface area contributed by atoms with Crippen LogP contribution in [-0.2, 0) is 4.74 Å². The number of anilines is 2. The van der Waals surface area contributed by atoms with Crippen molar-refractivity contribution in [2.45, 2.75) is 0 Å². The number of morpholine rings is 1. The number of halogens is 1. The Bertz CT molecular complexity index is 806.